The Bertz CT molecular complexity index is 681. The summed E-state index contributed by atoms with van der Waals surface area (Å²) in [6.45, 7) is 9.82. The van der Waals surface area contributed by atoms with Gasteiger partial charge in [0.15, 0.2) is 0 Å². The Kier molecular flexibility index (Phi) is 6.87. The van der Waals surface area contributed by atoms with Gasteiger partial charge in [-0.05, 0) is 31.3 Å². The molecule has 2 aliphatic rings. The number of amides is 2. The third-order valence-electron chi connectivity index (χ3n) is 4.86. The fourth-order valence-corrected chi connectivity index (χ4v) is 4.36. The molecule has 1 fully saturated rings. The first-order chi connectivity index (χ1) is 13.1. The minimum Gasteiger partial charge on any atom is -0.463 e. The third kappa shape index (κ3) is 4.88. The van der Waals surface area contributed by atoms with Crippen molar-refractivity contribution in [1.82, 2.24) is 20.4 Å². The van der Waals surface area contributed by atoms with Crippen LogP contribution in [0.4, 0.5) is 4.79 Å². The second kappa shape index (κ2) is 9.34. The van der Waals surface area contributed by atoms with Crippen LogP contribution in [0.2, 0.25) is 0 Å². The molecule has 0 aliphatic carbocycles. The Morgan fingerprint density at radius 2 is 2.00 bits per heavy atom. The van der Waals surface area contributed by atoms with Crippen LogP contribution in [-0.2, 0) is 9.53 Å². The normalized spacial score (nSPS) is 21.7. The molecule has 0 aromatic carbocycles. The van der Waals surface area contributed by atoms with E-state index in [9.17, 15) is 9.59 Å². The fourth-order valence-electron chi connectivity index (χ4n) is 3.57. The van der Waals surface area contributed by atoms with Gasteiger partial charge < -0.3 is 20.3 Å². The number of thiophene rings is 1. The second-order valence-corrected chi connectivity index (χ2v) is 7.76. The molecule has 0 saturated carbocycles. The average molecular weight is 393 g/mol. The van der Waals surface area contributed by atoms with Gasteiger partial charge in [0.05, 0.1) is 18.2 Å². The first-order valence-electron chi connectivity index (χ1n) is 9.58. The molecule has 0 unspecified atom stereocenters. The van der Waals surface area contributed by atoms with E-state index in [1.54, 1.807) is 6.92 Å². The number of piperazine rings is 1. The highest BCUT2D eigenvalue weighted by Gasteiger charge is 2.35. The van der Waals surface area contributed by atoms with Crippen LogP contribution in [0.3, 0.4) is 0 Å². The van der Waals surface area contributed by atoms with E-state index in [0.29, 0.717) is 24.4 Å². The summed E-state index contributed by atoms with van der Waals surface area (Å²) < 4.78 is 5.30. The van der Waals surface area contributed by atoms with E-state index in [0.717, 1.165) is 44.0 Å². The van der Waals surface area contributed by atoms with Gasteiger partial charge in [-0.3, -0.25) is 4.90 Å². The van der Waals surface area contributed by atoms with Crippen molar-refractivity contribution in [3.63, 3.8) is 0 Å². The Balaban J connectivity index is 1.82. The van der Waals surface area contributed by atoms with Crippen molar-refractivity contribution in [2.45, 2.75) is 26.3 Å². The maximum Gasteiger partial charge on any atom is 0.338 e. The van der Waals surface area contributed by atoms with E-state index in [1.165, 1.54) is 11.3 Å². The summed E-state index contributed by atoms with van der Waals surface area (Å²) in [7, 11) is 0. The maximum atomic E-state index is 12.7. The average Bonchev–Trinajstić information content (AvgIpc) is 3.18. The summed E-state index contributed by atoms with van der Waals surface area (Å²) in [5, 5.41) is 7.68. The molecule has 2 N–H and O–H groups in total. The monoisotopic (exact) mass is 392 g/mol. The molecule has 3 heterocycles. The predicted octanol–water partition coefficient (Wildman–Crippen LogP) is 1.95. The zero-order valence-electron chi connectivity index (χ0n) is 16.0. The minimum absolute atomic E-state index is 0.277. The Hall–Kier alpha value is -1.90. The van der Waals surface area contributed by atoms with Crippen LogP contribution in [0.5, 0.6) is 0 Å². The lowest BCUT2D eigenvalue weighted by Crippen LogP contribution is -2.51. The fraction of sp³-hybridized carbons (Fsp3) is 0.579. The highest BCUT2D eigenvalue weighted by molar-refractivity contribution is 7.10. The number of nitrogens with zero attached hydrogens (tertiary/aromatic N) is 2. The van der Waals surface area contributed by atoms with E-state index in [-0.39, 0.29) is 12.0 Å². The van der Waals surface area contributed by atoms with Crippen LogP contribution in [0, 0.1) is 0 Å². The zero-order chi connectivity index (χ0) is 19.2. The summed E-state index contributed by atoms with van der Waals surface area (Å²) >= 11 is 1.52. The van der Waals surface area contributed by atoms with Crippen molar-refractivity contribution in [2.24, 2.45) is 0 Å². The topological polar surface area (TPSA) is 73.9 Å². The smallest absolute Gasteiger partial charge is 0.338 e. The van der Waals surface area contributed by atoms with Gasteiger partial charge in [-0.1, -0.05) is 13.0 Å². The zero-order valence-corrected chi connectivity index (χ0v) is 16.8. The number of nitrogens with one attached hydrogen (secondary N) is 2. The van der Waals surface area contributed by atoms with Crippen molar-refractivity contribution in [3.05, 3.63) is 33.7 Å². The lowest BCUT2D eigenvalue weighted by molar-refractivity contribution is -0.139. The van der Waals surface area contributed by atoms with Gasteiger partial charge in [0.2, 0.25) is 0 Å². The van der Waals surface area contributed by atoms with Crippen LogP contribution in [0.25, 0.3) is 0 Å². The van der Waals surface area contributed by atoms with E-state index in [1.807, 2.05) is 17.5 Å². The van der Waals surface area contributed by atoms with Crippen LogP contribution < -0.4 is 10.6 Å². The number of rotatable bonds is 7. The number of carbonyl (C=O) groups excluding carboxylic acids is 2. The van der Waals surface area contributed by atoms with Crippen LogP contribution >= 0.6 is 11.3 Å². The molecule has 2 aliphatic heterocycles. The first-order valence-corrected chi connectivity index (χ1v) is 10.5. The molecule has 0 radical (unpaired) electrons. The molecule has 1 saturated heterocycles. The van der Waals surface area contributed by atoms with Gasteiger partial charge >= 0.3 is 12.0 Å². The van der Waals surface area contributed by atoms with Crippen molar-refractivity contribution in [3.8, 4) is 0 Å². The molecule has 27 heavy (non-hydrogen) atoms. The number of urea groups is 1. The number of hydrogen-bond acceptors (Lipinski definition) is 6. The molecule has 7 nitrogen and oxygen atoms in total. The van der Waals surface area contributed by atoms with Gasteiger partial charge in [-0.2, -0.15) is 0 Å². The molecule has 3 rings (SSSR count). The lowest BCUT2D eigenvalue weighted by atomic mass is 10.0. The molecule has 8 heteroatoms. The Morgan fingerprint density at radius 1 is 1.26 bits per heavy atom. The molecule has 1 aromatic heterocycles. The van der Waals surface area contributed by atoms with E-state index < -0.39 is 6.04 Å². The molecule has 1 atom stereocenters. The van der Waals surface area contributed by atoms with Gasteiger partial charge in [0, 0.05) is 43.3 Å². The van der Waals surface area contributed by atoms with Gasteiger partial charge in [-0.25, -0.2) is 9.59 Å². The Morgan fingerprint density at radius 3 is 2.63 bits per heavy atom. The molecular weight excluding hydrogens is 364 g/mol. The molecule has 1 aromatic rings. The Labute approximate surface area is 164 Å². The highest BCUT2D eigenvalue weighted by atomic mass is 32.1. The summed E-state index contributed by atoms with van der Waals surface area (Å²) in [5.41, 5.74) is 1.16. The molecule has 2 amide bonds. The summed E-state index contributed by atoms with van der Waals surface area (Å²) in [4.78, 5) is 30.6. The van der Waals surface area contributed by atoms with Crippen molar-refractivity contribution in [2.75, 3.05) is 45.9 Å². The third-order valence-corrected chi connectivity index (χ3v) is 5.80. The van der Waals surface area contributed by atoms with Crippen molar-refractivity contribution >= 4 is 23.3 Å². The number of hydrogen-bond donors (Lipinski definition) is 2. The van der Waals surface area contributed by atoms with E-state index in [2.05, 4.69) is 27.4 Å². The first kappa shape index (κ1) is 19.9. The largest absolute Gasteiger partial charge is 0.463 e. The maximum absolute atomic E-state index is 12.7. The quantitative estimate of drug-likeness (QED) is 0.694. The predicted molar refractivity (Wildman–Crippen MR) is 106 cm³/mol. The summed E-state index contributed by atoms with van der Waals surface area (Å²) in [6.07, 6.45) is 1.16. The number of carbonyl (C=O) groups is 2. The molecular formula is C19H28N4O3S. The molecule has 0 bridgehead atoms. The highest BCUT2D eigenvalue weighted by Crippen LogP contribution is 2.31. The lowest BCUT2D eigenvalue weighted by Gasteiger charge is -2.36. The number of ether oxygens (including phenoxy) is 1. The minimum atomic E-state index is -0.464. The number of esters is 1. The van der Waals surface area contributed by atoms with Crippen molar-refractivity contribution < 1.29 is 14.3 Å². The van der Waals surface area contributed by atoms with Gasteiger partial charge in [0.25, 0.3) is 0 Å². The summed E-state index contributed by atoms with van der Waals surface area (Å²) in [5.74, 6) is -0.372. The van der Waals surface area contributed by atoms with Crippen LogP contribution in [0.15, 0.2) is 28.8 Å². The molecule has 0 spiro atoms. The standard InChI is InChI=1S/C19H28N4O3S/c1-3-7-22-8-10-23(11-9-22)13-14-16(18(24)26-4-2)17(21-19(25)20-14)15-6-5-12-27-15/h5-6,12,17H,3-4,7-11,13H2,1-2H3,(H2,20,21,25)/t17-/m0/s1. The van der Waals surface area contributed by atoms with Crippen molar-refractivity contribution in [1.29, 1.82) is 0 Å². The molecule has 148 valence electrons. The van der Waals surface area contributed by atoms with Gasteiger partial charge in [0.1, 0.15) is 0 Å². The summed E-state index contributed by atoms with van der Waals surface area (Å²) in [6, 6.07) is 3.11. The van der Waals surface area contributed by atoms with Gasteiger partial charge in [-0.15, -0.1) is 11.3 Å². The van der Waals surface area contributed by atoms with Crippen LogP contribution in [-0.4, -0.2) is 67.7 Å². The van der Waals surface area contributed by atoms with E-state index in [4.69, 9.17) is 4.74 Å². The SMILES string of the molecule is CCCN1CCN(CC2=C(C(=O)OCC)[C@H](c3cccs3)NC(=O)N2)CC1. The van der Waals surface area contributed by atoms with Crippen LogP contribution in [0.1, 0.15) is 31.2 Å². The van der Waals surface area contributed by atoms with E-state index >= 15 is 0 Å². The second-order valence-electron chi connectivity index (χ2n) is 6.78.